The normalized spacial score (nSPS) is 20.7. The van der Waals surface area contributed by atoms with Crippen LogP contribution in [0.1, 0.15) is 49.2 Å². The van der Waals surface area contributed by atoms with Crippen LogP contribution in [0.25, 0.3) is 0 Å². The number of hydrogen-bond acceptors (Lipinski definition) is 3. The summed E-state index contributed by atoms with van der Waals surface area (Å²) in [6.45, 7) is 3.85. The van der Waals surface area contributed by atoms with Crippen molar-refractivity contribution in [3.8, 4) is 0 Å². The highest BCUT2D eigenvalue weighted by Crippen LogP contribution is 2.42. The lowest BCUT2D eigenvalue weighted by Gasteiger charge is -2.36. The van der Waals surface area contributed by atoms with Gasteiger partial charge in [-0.05, 0) is 35.6 Å². The highest BCUT2D eigenvalue weighted by Gasteiger charge is 2.35. The zero-order valence-corrected chi connectivity index (χ0v) is 13.6. The van der Waals surface area contributed by atoms with E-state index >= 15 is 0 Å². The second kappa shape index (κ2) is 6.26. The number of hydrogen-bond donors (Lipinski definition) is 2. The van der Waals surface area contributed by atoms with Gasteiger partial charge in [0.15, 0.2) is 17.5 Å². The van der Waals surface area contributed by atoms with Crippen molar-refractivity contribution in [3.63, 3.8) is 0 Å². The van der Waals surface area contributed by atoms with E-state index in [1.807, 2.05) is 6.07 Å². The molecule has 1 aromatic heterocycles. The zero-order valence-electron chi connectivity index (χ0n) is 13.6. The molecular formula is C18H20F3NO2. The summed E-state index contributed by atoms with van der Waals surface area (Å²) in [5, 5.41) is 12.9. The molecule has 0 radical (unpaired) electrons. The molecule has 24 heavy (non-hydrogen) atoms. The molecule has 0 bridgehead atoms. The van der Waals surface area contributed by atoms with Crippen molar-refractivity contribution in [2.75, 3.05) is 6.61 Å². The Balaban J connectivity index is 1.89. The molecule has 2 N–H and O–H groups in total. The van der Waals surface area contributed by atoms with Crippen LogP contribution in [0.4, 0.5) is 13.2 Å². The molecule has 1 aliphatic rings. The Morgan fingerprint density at radius 2 is 1.96 bits per heavy atom. The van der Waals surface area contributed by atoms with Gasteiger partial charge in [0.1, 0.15) is 5.76 Å². The second-order valence-electron chi connectivity index (χ2n) is 7.10. The van der Waals surface area contributed by atoms with E-state index in [1.165, 1.54) is 0 Å². The fourth-order valence-electron chi connectivity index (χ4n) is 3.40. The Hall–Kier alpha value is -1.79. The van der Waals surface area contributed by atoms with E-state index in [2.05, 4.69) is 19.2 Å². The number of rotatable bonds is 4. The third-order valence-corrected chi connectivity index (χ3v) is 4.54. The predicted octanol–water partition coefficient (Wildman–Crippen LogP) is 4.03. The lowest BCUT2D eigenvalue weighted by molar-refractivity contribution is 0.191. The minimum Gasteiger partial charge on any atom is -0.469 e. The third kappa shape index (κ3) is 3.21. The summed E-state index contributed by atoms with van der Waals surface area (Å²) in [5.41, 5.74) is 1.14. The molecule has 1 aromatic carbocycles. The molecule has 1 heterocycles. The third-order valence-electron chi connectivity index (χ3n) is 4.54. The molecule has 2 atom stereocenters. The standard InChI is InChI=1S/C18H20F3NO2/c1-18(2)7-14(11-3-4-24-16(11)8-18)22-15(9-23)10-5-12(19)17(21)13(20)6-10/h3-6,14-15,22-23H,7-9H2,1-2H3. The molecule has 3 nitrogen and oxygen atoms in total. The van der Waals surface area contributed by atoms with E-state index in [-0.39, 0.29) is 23.6 Å². The monoisotopic (exact) mass is 339 g/mol. The molecule has 2 aromatic rings. The number of aliphatic hydroxyl groups excluding tert-OH is 1. The smallest absolute Gasteiger partial charge is 0.194 e. The topological polar surface area (TPSA) is 45.4 Å². The fourth-order valence-corrected chi connectivity index (χ4v) is 3.40. The largest absolute Gasteiger partial charge is 0.469 e. The van der Waals surface area contributed by atoms with E-state index in [0.29, 0.717) is 0 Å². The molecule has 0 amide bonds. The highest BCUT2D eigenvalue weighted by molar-refractivity contribution is 5.28. The maximum Gasteiger partial charge on any atom is 0.194 e. The van der Waals surface area contributed by atoms with E-state index in [4.69, 9.17) is 4.42 Å². The lowest BCUT2D eigenvalue weighted by Crippen LogP contribution is -2.36. The van der Waals surface area contributed by atoms with Gasteiger partial charge in [-0.25, -0.2) is 13.2 Å². The number of benzene rings is 1. The average Bonchev–Trinajstić information content (AvgIpc) is 2.96. The lowest BCUT2D eigenvalue weighted by atomic mass is 9.74. The summed E-state index contributed by atoms with van der Waals surface area (Å²) < 4.78 is 45.6. The van der Waals surface area contributed by atoms with Gasteiger partial charge in [-0.2, -0.15) is 0 Å². The molecule has 3 rings (SSSR count). The minimum absolute atomic E-state index is 0.0121. The Labute approximate surface area is 138 Å². The van der Waals surface area contributed by atoms with Gasteiger partial charge in [0.25, 0.3) is 0 Å². The van der Waals surface area contributed by atoms with Crippen LogP contribution in [0.2, 0.25) is 0 Å². The highest BCUT2D eigenvalue weighted by atomic mass is 19.2. The SMILES string of the molecule is CC1(C)Cc2occc2C(NC(CO)c2cc(F)c(F)c(F)c2)C1. The van der Waals surface area contributed by atoms with Crippen LogP contribution in [0, 0.1) is 22.9 Å². The van der Waals surface area contributed by atoms with Crippen molar-refractivity contribution in [2.45, 2.75) is 38.8 Å². The first kappa shape index (κ1) is 17.0. The number of nitrogens with one attached hydrogen (secondary N) is 1. The van der Waals surface area contributed by atoms with Gasteiger partial charge in [0, 0.05) is 18.0 Å². The van der Waals surface area contributed by atoms with Crippen molar-refractivity contribution in [1.29, 1.82) is 0 Å². The van der Waals surface area contributed by atoms with Crippen LogP contribution in [-0.4, -0.2) is 11.7 Å². The summed E-state index contributed by atoms with van der Waals surface area (Å²) >= 11 is 0. The fraction of sp³-hybridized carbons (Fsp3) is 0.444. The maximum absolute atomic E-state index is 13.5. The first-order chi connectivity index (χ1) is 11.3. The van der Waals surface area contributed by atoms with Gasteiger partial charge in [-0.1, -0.05) is 13.8 Å². The average molecular weight is 339 g/mol. The molecule has 0 spiro atoms. The molecule has 0 fully saturated rings. The molecular weight excluding hydrogens is 319 g/mol. The Kier molecular flexibility index (Phi) is 4.44. The van der Waals surface area contributed by atoms with E-state index in [1.54, 1.807) is 6.26 Å². The Morgan fingerprint density at radius 1 is 1.29 bits per heavy atom. The van der Waals surface area contributed by atoms with Gasteiger partial charge in [-0.15, -0.1) is 0 Å². The van der Waals surface area contributed by atoms with E-state index in [0.717, 1.165) is 36.3 Å². The zero-order chi connectivity index (χ0) is 17.5. The molecule has 6 heteroatoms. The van der Waals surface area contributed by atoms with Crippen LogP contribution < -0.4 is 5.32 Å². The molecule has 130 valence electrons. The number of aliphatic hydroxyl groups is 1. The quantitative estimate of drug-likeness (QED) is 0.827. The first-order valence-electron chi connectivity index (χ1n) is 7.88. The molecule has 0 aliphatic heterocycles. The first-order valence-corrected chi connectivity index (χ1v) is 7.88. The molecule has 0 saturated heterocycles. The van der Waals surface area contributed by atoms with E-state index in [9.17, 15) is 18.3 Å². The van der Waals surface area contributed by atoms with Crippen LogP contribution >= 0.6 is 0 Å². The Morgan fingerprint density at radius 3 is 2.58 bits per heavy atom. The number of halogens is 3. The van der Waals surface area contributed by atoms with Gasteiger partial charge >= 0.3 is 0 Å². The van der Waals surface area contributed by atoms with Crippen molar-refractivity contribution < 1.29 is 22.7 Å². The molecule has 0 saturated carbocycles. The van der Waals surface area contributed by atoms with Gasteiger partial charge in [0.05, 0.1) is 18.9 Å². The summed E-state index contributed by atoms with van der Waals surface area (Å²) in [7, 11) is 0. The van der Waals surface area contributed by atoms with Crippen molar-refractivity contribution in [2.24, 2.45) is 5.41 Å². The van der Waals surface area contributed by atoms with Crippen LogP contribution in [0.3, 0.4) is 0 Å². The summed E-state index contributed by atoms with van der Waals surface area (Å²) in [6, 6.07) is 2.85. The number of fused-ring (bicyclic) bond motifs is 1. The Bertz CT molecular complexity index is 719. The van der Waals surface area contributed by atoms with Crippen molar-refractivity contribution in [3.05, 3.63) is 58.8 Å². The van der Waals surface area contributed by atoms with Gasteiger partial charge in [-0.3, -0.25) is 0 Å². The van der Waals surface area contributed by atoms with Crippen LogP contribution in [-0.2, 0) is 6.42 Å². The maximum atomic E-state index is 13.5. The van der Waals surface area contributed by atoms with Crippen LogP contribution in [0.5, 0.6) is 0 Å². The number of furan rings is 1. The molecule has 1 aliphatic carbocycles. The second-order valence-corrected chi connectivity index (χ2v) is 7.10. The van der Waals surface area contributed by atoms with Gasteiger partial charge in [0.2, 0.25) is 0 Å². The van der Waals surface area contributed by atoms with Crippen LogP contribution in [0.15, 0.2) is 28.9 Å². The van der Waals surface area contributed by atoms with E-state index < -0.39 is 23.5 Å². The van der Waals surface area contributed by atoms with Gasteiger partial charge < -0.3 is 14.8 Å². The van der Waals surface area contributed by atoms with Crippen molar-refractivity contribution in [1.82, 2.24) is 5.32 Å². The summed E-state index contributed by atoms with van der Waals surface area (Å²) in [4.78, 5) is 0. The summed E-state index contributed by atoms with van der Waals surface area (Å²) in [6.07, 6.45) is 3.20. The van der Waals surface area contributed by atoms with Crippen molar-refractivity contribution >= 4 is 0 Å². The summed E-state index contributed by atoms with van der Waals surface area (Å²) in [5.74, 6) is -3.17. The minimum atomic E-state index is -1.51. The molecule has 2 unspecified atom stereocenters. The predicted molar refractivity (Wildman–Crippen MR) is 82.8 cm³/mol.